The minimum Gasteiger partial charge on any atom is -0.508 e. The molecule has 2 heterocycles. The van der Waals surface area contributed by atoms with Crippen LogP contribution in [-0.4, -0.2) is 46.8 Å². The van der Waals surface area contributed by atoms with Gasteiger partial charge in [0.15, 0.2) is 0 Å². The van der Waals surface area contributed by atoms with Gasteiger partial charge in [-0.25, -0.2) is 10.9 Å². The highest BCUT2D eigenvalue weighted by atomic mass is 16.5. The van der Waals surface area contributed by atoms with E-state index in [9.17, 15) is 15.0 Å². The average molecular weight is 397 g/mol. The summed E-state index contributed by atoms with van der Waals surface area (Å²) < 4.78 is 5.45. The topological polar surface area (TPSA) is 94.1 Å². The Hall–Kier alpha value is -2.61. The summed E-state index contributed by atoms with van der Waals surface area (Å²) in [6, 6.07) is 13.5. The second-order valence-corrected chi connectivity index (χ2v) is 7.50. The number of para-hydroxylation sites is 1. The first-order chi connectivity index (χ1) is 14.1. The molecule has 2 aromatic carbocycles. The molecule has 0 spiro atoms. The predicted molar refractivity (Wildman–Crippen MR) is 108 cm³/mol. The smallest absolute Gasteiger partial charge is 0.242 e. The van der Waals surface area contributed by atoms with Gasteiger partial charge in [0.2, 0.25) is 5.91 Å². The summed E-state index contributed by atoms with van der Waals surface area (Å²) >= 11 is 0. The van der Waals surface area contributed by atoms with Gasteiger partial charge in [0.25, 0.3) is 0 Å². The number of rotatable bonds is 7. The number of hydrogen-bond donors (Lipinski definition) is 4. The number of carbonyl (C=O) groups is 1. The van der Waals surface area contributed by atoms with Crippen molar-refractivity contribution in [3.05, 3.63) is 59.7 Å². The molecule has 29 heavy (non-hydrogen) atoms. The molecule has 4 rings (SSSR count). The minimum atomic E-state index is -0.384. The summed E-state index contributed by atoms with van der Waals surface area (Å²) in [5.74, 6) is 0.332. The third-order valence-electron chi connectivity index (χ3n) is 5.81. The number of fused-ring (bicyclic) bond motifs is 1. The molecule has 7 heteroatoms. The van der Waals surface area contributed by atoms with Gasteiger partial charge in [-0.05, 0) is 37.1 Å². The largest absolute Gasteiger partial charge is 0.508 e. The highest BCUT2D eigenvalue weighted by Gasteiger charge is 2.55. The molecule has 2 saturated heterocycles. The summed E-state index contributed by atoms with van der Waals surface area (Å²) in [4.78, 5) is 15.1. The van der Waals surface area contributed by atoms with Gasteiger partial charge in [0.1, 0.15) is 17.5 Å². The molecule has 1 amide bonds. The molecule has 0 aliphatic carbocycles. The fraction of sp³-hybridized carbons (Fsp3) is 0.409. The molecule has 0 saturated carbocycles. The predicted octanol–water partition coefficient (Wildman–Crippen LogP) is 2.24. The zero-order valence-corrected chi connectivity index (χ0v) is 16.4. The Morgan fingerprint density at radius 1 is 1.03 bits per heavy atom. The molecule has 2 aromatic rings. The Balaban J connectivity index is 1.68. The number of phenols is 2. The van der Waals surface area contributed by atoms with Gasteiger partial charge < -0.3 is 19.8 Å². The number of hydrogen-bond acceptors (Lipinski definition) is 6. The van der Waals surface area contributed by atoms with Crippen molar-refractivity contribution >= 4 is 5.91 Å². The van der Waals surface area contributed by atoms with E-state index in [2.05, 4.69) is 10.9 Å². The first-order valence-electron chi connectivity index (χ1n) is 10.1. The lowest BCUT2D eigenvalue weighted by Gasteiger charge is -2.31. The van der Waals surface area contributed by atoms with E-state index in [0.29, 0.717) is 19.8 Å². The molecule has 4 atom stereocenters. The highest BCUT2D eigenvalue weighted by molar-refractivity contribution is 5.86. The molecular formula is C22H27N3O4. The molecule has 2 aliphatic rings. The Morgan fingerprint density at radius 3 is 2.48 bits per heavy atom. The van der Waals surface area contributed by atoms with Crippen LogP contribution < -0.4 is 10.9 Å². The first kappa shape index (κ1) is 19.7. The monoisotopic (exact) mass is 397 g/mol. The molecule has 0 bridgehead atoms. The Kier molecular flexibility index (Phi) is 5.71. The van der Waals surface area contributed by atoms with Gasteiger partial charge in [0.05, 0.1) is 12.1 Å². The van der Waals surface area contributed by atoms with Crippen LogP contribution in [0.5, 0.6) is 11.5 Å². The Bertz CT molecular complexity index is 857. The van der Waals surface area contributed by atoms with Crippen molar-refractivity contribution in [2.24, 2.45) is 5.92 Å². The molecule has 4 N–H and O–H groups in total. The summed E-state index contributed by atoms with van der Waals surface area (Å²) in [7, 11) is 0. The van der Waals surface area contributed by atoms with Gasteiger partial charge >= 0.3 is 0 Å². The summed E-state index contributed by atoms with van der Waals surface area (Å²) in [5, 5.41) is 20.1. The van der Waals surface area contributed by atoms with Crippen LogP contribution in [0.2, 0.25) is 0 Å². The van der Waals surface area contributed by atoms with E-state index in [1.807, 2.05) is 36.1 Å². The fourth-order valence-electron chi connectivity index (χ4n) is 4.52. The quantitative estimate of drug-likeness (QED) is 0.536. The van der Waals surface area contributed by atoms with E-state index in [-0.39, 0.29) is 41.4 Å². The lowest BCUT2D eigenvalue weighted by Crippen LogP contribution is -2.41. The number of carbonyl (C=O) groups excluding carboxylic acids is 1. The Morgan fingerprint density at radius 2 is 1.76 bits per heavy atom. The molecule has 0 radical (unpaired) electrons. The zero-order valence-electron chi connectivity index (χ0n) is 16.4. The number of ether oxygens (including phenoxy) is 1. The summed E-state index contributed by atoms with van der Waals surface area (Å²) in [5.41, 5.74) is 8.10. The highest BCUT2D eigenvalue weighted by Crippen LogP contribution is 2.48. The van der Waals surface area contributed by atoms with Crippen molar-refractivity contribution in [1.82, 2.24) is 15.8 Å². The molecule has 4 unspecified atom stereocenters. The fourth-order valence-corrected chi connectivity index (χ4v) is 4.52. The van der Waals surface area contributed by atoms with Gasteiger partial charge in [0, 0.05) is 31.2 Å². The van der Waals surface area contributed by atoms with Crippen LogP contribution >= 0.6 is 0 Å². The van der Waals surface area contributed by atoms with Crippen LogP contribution in [0.15, 0.2) is 48.5 Å². The van der Waals surface area contributed by atoms with E-state index in [1.54, 1.807) is 24.3 Å². The third kappa shape index (κ3) is 3.69. The lowest BCUT2D eigenvalue weighted by molar-refractivity contribution is -0.131. The number of nitrogens with zero attached hydrogens (tertiary/aromatic N) is 1. The maximum absolute atomic E-state index is 13.2. The second-order valence-electron chi connectivity index (χ2n) is 7.50. The van der Waals surface area contributed by atoms with Crippen LogP contribution in [0.3, 0.4) is 0 Å². The number of hydrazine groups is 1. The number of nitrogens with one attached hydrogen (secondary N) is 2. The molecule has 2 fully saturated rings. The average Bonchev–Trinajstić information content (AvgIpc) is 3.26. The van der Waals surface area contributed by atoms with Crippen LogP contribution in [0.4, 0.5) is 0 Å². The molecule has 2 aliphatic heterocycles. The van der Waals surface area contributed by atoms with Crippen molar-refractivity contribution in [2.45, 2.75) is 31.5 Å². The van der Waals surface area contributed by atoms with E-state index in [0.717, 1.165) is 17.5 Å². The van der Waals surface area contributed by atoms with Crippen LogP contribution in [0, 0.1) is 5.92 Å². The SMILES string of the molecule is CCOCCCN1C(=O)C2NNC(c3ccccc3O)C2C1c1ccc(O)cc1. The van der Waals surface area contributed by atoms with Crippen LogP contribution in [0.25, 0.3) is 0 Å². The number of benzene rings is 2. The molecular weight excluding hydrogens is 370 g/mol. The van der Waals surface area contributed by atoms with Crippen molar-refractivity contribution in [2.75, 3.05) is 19.8 Å². The Labute approximate surface area is 170 Å². The van der Waals surface area contributed by atoms with Crippen molar-refractivity contribution in [3.8, 4) is 11.5 Å². The summed E-state index contributed by atoms with van der Waals surface area (Å²) in [6.07, 6.45) is 0.752. The number of likely N-dealkylation sites (tertiary alicyclic amines) is 1. The van der Waals surface area contributed by atoms with E-state index in [1.165, 1.54) is 0 Å². The van der Waals surface area contributed by atoms with Crippen molar-refractivity contribution < 1.29 is 19.7 Å². The van der Waals surface area contributed by atoms with Crippen LogP contribution in [-0.2, 0) is 9.53 Å². The van der Waals surface area contributed by atoms with Gasteiger partial charge in [-0.3, -0.25) is 4.79 Å². The van der Waals surface area contributed by atoms with Gasteiger partial charge in [-0.15, -0.1) is 0 Å². The van der Waals surface area contributed by atoms with Gasteiger partial charge in [-0.1, -0.05) is 30.3 Å². The molecule has 0 aromatic heterocycles. The first-order valence-corrected chi connectivity index (χ1v) is 10.1. The number of phenolic OH excluding ortho intramolecular Hbond substituents is 2. The normalized spacial score (nSPS) is 26.1. The maximum Gasteiger partial charge on any atom is 0.242 e. The van der Waals surface area contributed by atoms with Crippen molar-refractivity contribution in [3.63, 3.8) is 0 Å². The molecule has 154 valence electrons. The molecule has 7 nitrogen and oxygen atoms in total. The van der Waals surface area contributed by atoms with Crippen molar-refractivity contribution in [1.29, 1.82) is 0 Å². The lowest BCUT2D eigenvalue weighted by atomic mass is 9.83. The van der Waals surface area contributed by atoms with Crippen LogP contribution in [0.1, 0.15) is 36.6 Å². The van der Waals surface area contributed by atoms with E-state index < -0.39 is 0 Å². The third-order valence-corrected chi connectivity index (χ3v) is 5.81. The van der Waals surface area contributed by atoms with E-state index >= 15 is 0 Å². The number of aromatic hydroxyl groups is 2. The van der Waals surface area contributed by atoms with E-state index in [4.69, 9.17) is 4.74 Å². The second kappa shape index (κ2) is 8.41. The standard InChI is InChI=1S/C22H27N3O4/c1-2-29-13-5-12-25-21(14-8-10-15(26)11-9-14)18-19(23-24-20(18)22(25)28)16-6-3-4-7-17(16)27/h3-4,6-11,18-21,23-24,26-27H,2,5,12-13H2,1H3. The zero-order chi connectivity index (χ0) is 20.4. The number of amides is 1. The van der Waals surface area contributed by atoms with Gasteiger partial charge in [-0.2, -0.15) is 0 Å². The maximum atomic E-state index is 13.2. The minimum absolute atomic E-state index is 0.0370. The summed E-state index contributed by atoms with van der Waals surface area (Å²) in [6.45, 7) is 3.80.